The van der Waals surface area contributed by atoms with Gasteiger partial charge in [-0.25, -0.2) is 4.79 Å². The van der Waals surface area contributed by atoms with E-state index < -0.39 is 217 Å². The fourth-order valence-corrected chi connectivity index (χ4v) is 10.9. The van der Waals surface area contributed by atoms with Crippen LogP contribution in [0.2, 0.25) is 0 Å². The first-order valence-electron chi connectivity index (χ1n) is 32.0. The van der Waals surface area contributed by atoms with Crippen molar-refractivity contribution in [2.24, 2.45) is 34.6 Å². The van der Waals surface area contributed by atoms with Crippen molar-refractivity contribution in [2.45, 2.75) is 170 Å². The summed E-state index contributed by atoms with van der Waals surface area (Å²) in [4.78, 5) is 201. The van der Waals surface area contributed by atoms with E-state index in [0.29, 0.717) is 5.56 Å². The average Bonchev–Trinajstić information content (AvgIpc) is 1.64. The summed E-state index contributed by atoms with van der Waals surface area (Å²) < 4.78 is 38.4. The molecule has 1 aromatic carbocycles. The zero-order chi connectivity index (χ0) is 76.7. The highest BCUT2D eigenvalue weighted by atomic mass is 32.3. The molecule has 0 aliphatic carbocycles. The number of aliphatic carboxylic acids is 2. The van der Waals surface area contributed by atoms with E-state index in [-0.39, 0.29) is 108 Å². The SMILES string of the molecule is CC(C)C[C@H](NC(=O)[C@H](CCCNC(=N)N)NC(=O)[C@@H]1CCCN1C(=O)[C@H](CO)NC(=O)[C@@H]1CCCN1C(=O)[C@H](CO)NC(=O)[C@H](CC(N)=O)NC(=O)[C@H](CC(N)=O)NC(=O)CNC(=O)[C@@H](N)Cc1ccc(OS(=O)(=O)F)cc1)C(=O)N[C@@H](CCC(=O)O)C(=O)N[C@@H](CCCNC(=N)N)C(=O)O. The second-order valence-electron chi connectivity index (χ2n) is 24.1. The maximum absolute atomic E-state index is 14.3. The number of benzene rings is 1. The minimum Gasteiger partial charge on any atom is -0.481 e. The predicted octanol–water partition coefficient (Wildman–Crippen LogP) is -9.62. The highest BCUT2D eigenvalue weighted by molar-refractivity contribution is 7.81. The normalized spacial score (nSPS) is 16.8. The number of primary amides is 2. The molecule has 0 spiro atoms. The molecule has 3 rings (SSSR count). The molecule has 0 bridgehead atoms. The Kier molecular flexibility index (Phi) is 35.1. The van der Waals surface area contributed by atoms with Gasteiger partial charge in [-0.2, -0.15) is 8.42 Å². The Hall–Kier alpha value is -10.6. The molecule has 2 aliphatic rings. The maximum atomic E-state index is 14.3. The molecule has 0 unspecified atom stereocenters. The predicted molar refractivity (Wildman–Crippen MR) is 351 cm³/mol. The van der Waals surface area contributed by atoms with Crippen LogP contribution in [-0.2, 0) is 88.8 Å². The van der Waals surface area contributed by atoms with Gasteiger partial charge in [0.25, 0.3) is 0 Å². The van der Waals surface area contributed by atoms with Crippen molar-refractivity contribution >= 4 is 111 Å². The average molecular weight is 1470 g/mol. The third-order valence-corrected chi connectivity index (χ3v) is 15.9. The Balaban J connectivity index is 1.75. The first-order chi connectivity index (χ1) is 47.8. The molecule has 13 amide bonds. The van der Waals surface area contributed by atoms with Gasteiger partial charge < -0.3 is 122 Å². The number of carboxylic acids is 2. The molecule has 42 nitrogen and oxygen atoms in total. The van der Waals surface area contributed by atoms with Crippen molar-refractivity contribution < 1.29 is 109 Å². The Morgan fingerprint density at radius 1 is 0.569 bits per heavy atom. The molecule has 2 fully saturated rings. The number of amides is 13. The first-order valence-corrected chi connectivity index (χ1v) is 33.3. The third-order valence-electron chi connectivity index (χ3n) is 15.5. The van der Waals surface area contributed by atoms with Crippen LogP contribution in [-0.4, -0.2) is 252 Å². The van der Waals surface area contributed by atoms with Crippen LogP contribution >= 0.6 is 0 Å². The second kappa shape index (κ2) is 41.8. The van der Waals surface area contributed by atoms with Crippen molar-refractivity contribution in [3.8, 4) is 5.75 Å². The number of carbonyl (C=O) groups is 15. The van der Waals surface area contributed by atoms with E-state index >= 15 is 0 Å². The van der Waals surface area contributed by atoms with Crippen molar-refractivity contribution in [3.63, 3.8) is 0 Å². The van der Waals surface area contributed by atoms with Gasteiger partial charge in [-0.15, -0.1) is 0 Å². The smallest absolute Gasteiger partial charge is 0.481 e. The molecule has 2 saturated heterocycles. The van der Waals surface area contributed by atoms with Gasteiger partial charge in [0.15, 0.2) is 11.9 Å². The van der Waals surface area contributed by atoms with Crippen molar-refractivity contribution in [2.75, 3.05) is 45.9 Å². The standard InChI is InChI=1S/C58H91FN20O22S/c1-28(2)21-35(49(90)71-33(15-16-45(85)86)48(89)73-34(56(97)98)8-4-18-68-58(65)66)74-47(88)32(7-3-17-67-57(63)64)72-52(93)40-9-5-19-78(40)55(96)39(27-81)77-53(94)41-10-6-20-79(41)54(95)38(26-80)76-51(92)37(24-43(62)83)75-50(91)36(23-42(61)82)70-44(84)25-69-46(87)31(60)22-29-11-13-30(14-12-29)101-102(59,99)100/h11-14,28,31-41,80-81H,3-10,15-27,60H2,1-2H3,(H2,61,82)(H2,62,83)(H,69,87)(H,70,84)(H,71,90)(H,72,93)(H,73,89)(H,74,88)(H,75,91)(H,76,92)(H,77,94)(H,85,86)(H,97,98)(H4,63,64,67)(H4,65,66,68)/t31-,32-,33-,34-,35-,36-,37-,38-,39-,40-,41-/m0/s1. The third kappa shape index (κ3) is 30.1. The quantitative estimate of drug-likeness (QED) is 0.0125. The van der Waals surface area contributed by atoms with Crippen LogP contribution in [0.1, 0.15) is 103 Å². The van der Waals surface area contributed by atoms with Crippen molar-refractivity contribution in [1.82, 2.24) is 68.3 Å². The van der Waals surface area contributed by atoms with Gasteiger partial charge in [0.2, 0.25) is 76.8 Å². The van der Waals surface area contributed by atoms with Crippen LogP contribution < -0.4 is 91.3 Å². The van der Waals surface area contributed by atoms with Gasteiger partial charge in [0.05, 0.1) is 38.6 Å². The van der Waals surface area contributed by atoms with Gasteiger partial charge >= 0.3 is 22.4 Å². The lowest BCUT2D eigenvalue weighted by Crippen LogP contribution is -2.61. The van der Waals surface area contributed by atoms with Gasteiger partial charge in [-0.1, -0.05) is 29.9 Å². The summed E-state index contributed by atoms with van der Waals surface area (Å²) >= 11 is 0. The summed E-state index contributed by atoms with van der Waals surface area (Å²) in [5.41, 5.74) is 27.6. The number of aliphatic hydroxyl groups excluding tert-OH is 2. The van der Waals surface area contributed by atoms with E-state index in [1.165, 1.54) is 12.1 Å². The Morgan fingerprint density at radius 2 is 0.980 bits per heavy atom. The molecule has 102 heavy (non-hydrogen) atoms. The lowest BCUT2D eigenvalue weighted by atomic mass is 10.0. The van der Waals surface area contributed by atoms with Crippen LogP contribution in [0.3, 0.4) is 0 Å². The van der Waals surface area contributed by atoms with E-state index in [9.17, 15) is 105 Å². The van der Waals surface area contributed by atoms with Gasteiger partial charge in [-0.3, -0.25) is 77.9 Å². The number of halogens is 1. The number of hydrogen-bond acceptors (Lipinski definition) is 23. The molecule has 0 aromatic heterocycles. The number of aliphatic hydroxyl groups is 2. The van der Waals surface area contributed by atoms with Gasteiger partial charge in [0.1, 0.15) is 66.2 Å². The van der Waals surface area contributed by atoms with Crippen molar-refractivity contribution in [1.29, 1.82) is 10.8 Å². The minimum absolute atomic E-state index is 0.00139. The highest BCUT2D eigenvalue weighted by Gasteiger charge is 2.43. The number of likely N-dealkylation sites (tertiary alicyclic amines) is 2. The molecule has 0 saturated carbocycles. The van der Waals surface area contributed by atoms with Crippen LogP contribution in [0, 0.1) is 16.7 Å². The Bertz CT molecular complexity index is 3340. The lowest BCUT2D eigenvalue weighted by molar-refractivity contribution is -0.145. The largest absolute Gasteiger partial charge is 0.488 e. The van der Waals surface area contributed by atoms with E-state index in [2.05, 4.69) is 62.7 Å². The van der Waals surface area contributed by atoms with Crippen LogP contribution in [0.15, 0.2) is 24.3 Å². The summed E-state index contributed by atoms with van der Waals surface area (Å²) in [6.45, 7) is 0.0186. The fourth-order valence-electron chi connectivity index (χ4n) is 10.6. The summed E-state index contributed by atoms with van der Waals surface area (Å²) in [6, 6.07) is -13.1. The summed E-state index contributed by atoms with van der Waals surface area (Å²) in [6.07, 6.45) is -3.38. The molecule has 2 aliphatic heterocycles. The number of guanidine groups is 2. The summed E-state index contributed by atoms with van der Waals surface area (Å²) in [5.74, 6) is -18.5. The lowest BCUT2D eigenvalue weighted by Gasteiger charge is -2.32. The molecular formula is C58H91FN20O22S. The molecule has 1 aromatic rings. The molecule has 568 valence electrons. The number of nitrogens with two attached hydrogens (primary N) is 5. The second-order valence-corrected chi connectivity index (χ2v) is 25.1. The van der Waals surface area contributed by atoms with Crippen LogP contribution in [0.4, 0.5) is 3.89 Å². The number of carboxylic acid groups (broad SMARTS) is 2. The number of nitrogens with one attached hydrogen (secondary N) is 13. The van der Waals surface area contributed by atoms with Crippen LogP contribution in [0.5, 0.6) is 5.75 Å². The number of carbonyl (C=O) groups excluding carboxylic acids is 13. The minimum atomic E-state index is -5.32. The molecule has 0 radical (unpaired) electrons. The molecule has 27 N–H and O–H groups in total. The van der Waals surface area contributed by atoms with E-state index in [1.54, 1.807) is 13.8 Å². The summed E-state index contributed by atoms with van der Waals surface area (Å²) in [7, 11) is -5.32. The zero-order valence-corrected chi connectivity index (χ0v) is 56.6. The number of rotatable bonds is 44. The topological polar surface area (TPSA) is 697 Å². The van der Waals surface area contributed by atoms with E-state index in [0.717, 1.165) is 21.9 Å². The molecule has 2 heterocycles. The Labute approximate surface area is 583 Å². The molecule has 11 atom stereocenters. The zero-order valence-electron chi connectivity index (χ0n) is 55.8. The number of hydrogen-bond donors (Lipinski definition) is 22. The molecule has 44 heteroatoms. The van der Waals surface area contributed by atoms with Gasteiger partial charge in [-0.05, 0) is 94.2 Å². The van der Waals surface area contributed by atoms with Crippen LogP contribution in [0.25, 0.3) is 0 Å². The highest BCUT2D eigenvalue weighted by Crippen LogP contribution is 2.23. The maximum Gasteiger partial charge on any atom is 0.488 e. The van der Waals surface area contributed by atoms with E-state index in [4.69, 9.17) is 39.5 Å². The Morgan fingerprint density at radius 3 is 1.43 bits per heavy atom. The van der Waals surface area contributed by atoms with E-state index in [1.807, 2.05) is 0 Å². The first kappa shape index (κ1) is 85.6. The number of nitrogens with zero attached hydrogens (tertiary/aromatic N) is 2. The molecular weight excluding hydrogens is 1380 g/mol. The fraction of sp³-hybridized carbons (Fsp3) is 0.603. The summed E-state index contributed by atoms with van der Waals surface area (Å²) in [5, 5.41) is 80.9. The van der Waals surface area contributed by atoms with Gasteiger partial charge in [0, 0.05) is 32.6 Å². The monoisotopic (exact) mass is 1470 g/mol. The van der Waals surface area contributed by atoms with Crippen molar-refractivity contribution in [3.05, 3.63) is 29.8 Å².